The van der Waals surface area contributed by atoms with Gasteiger partial charge < -0.3 is 4.74 Å². The number of anilines is 2. The molecule has 1 fully saturated rings. The minimum absolute atomic E-state index is 0.0448. The molecule has 0 radical (unpaired) electrons. The number of amides is 2. The number of ether oxygens (including phenoxy) is 1. The Morgan fingerprint density at radius 1 is 1.11 bits per heavy atom. The van der Waals surface area contributed by atoms with Gasteiger partial charge in [-0.3, -0.25) is 9.80 Å². The number of hydrogen-bond donors (Lipinski definition) is 1. The number of aromatic nitrogens is 1. The Hall–Kier alpha value is -3.30. The second-order valence-corrected chi connectivity index (χ2v) is 10.9. The summed E-state index contributed by atoms with van der Waals surface area (Å²) in [6.45, 7) is -0.161. The number of primary sulfonamides is 1. The summed E-state index contributed by atoms with van der Waals surface area (Å²) in [5.41, 5.74) is 0.390. The molecule has 37 heavy (non-hydrogen) atoms. The first kappa shape index (κ1) is 26.8. The molecule has 0 spiro atoms. The van der Waals surface area contributed by atoms with Gasteiger partial charge >= 0.3 is 12.2 Å². The van der Waals surface area contributed by atoms with Crippen LogP contribution in [0.15, 0.2) is 40.6 Å². The van der Waals surface area contributed by atoms with Crippen molar-refractivity contribution in [3.05, 3.63) is 53.7 Å². The van der Waals surface area contributed by atoms with E-state index in [1.165, 1.54) is 38.3 Å². The number of alkyl halides is 3. The molecule has 1 aliphatic heterocycles. The first-order valence-corrected chi connectivity index (χ1v) is 12.9. The average molecular weight is 563 g/mol. The lowest BCUT2D eigenvalue weighted by Crippen LogP contribution is -2.57. The van der Waals surface area contributed by atoms with Crippen molar-refractivity contribution >= 4 is 38.2 Å². The Labute approximate surface area is 212 Å². The van der Waals surface area contributed by atoms with E-state index in [1.807, 2.05) is 0 Å². The highest BCUT2D eigenvalue weighted by molar-refractivity contribution is 7.91. The lowest BCUT2D eigenvalue weighted by atomic mass is 10.0. The number of methoxy groups -OCH3 is 1. The van der Waals surface area contributed by atoms with Gasteiger partial charge in [0.15, 0.2) is 20.9 Å². The molecule has 1 aliphatic rings. The maximum Gasteiger partial charge on any atom is 0.395 e. The number of nitrogens with zero attached hydrogens (tertiary/aromatic N) is 3. The molecule has 1 saturated heterocycles. The van der Waals surface area contributed by atoms with Crippen LogP contribution in [0.5, 0.6) is 5.75 Å². The first-order valence-electron chi connectivity index (χ1n) is 10.5. The van der Waals surface area contributed by atoms with Crippen LogP contribution in [0.4, 0.5) is 37.6 Å². The standard InChI is InChI=1S/C22H19F5N4O4S2/c1-11-19(37(28,33)34)36-20(29-11)31-10-13(22(25,26)27)9-30(21(31)32)15-5-3-12(4-6-15)16-7-14(23)8-17(24)18(16)35-2/h3-8,13H,9-10H2,1-2H3,(H2,28,33,34)/t13-/m0/s1. The average Bonchev–Trinajstić information content (AvgIpc) is 3.20. The van der Waals surface area contributed by atoms with E-state index in [0.717, 1.165) is 15.9 Å². The maximum atomic E-state index is 14.1. The zero-order valence-corrected chi connectivity index (χ0v) is 20.8. The predicted octanol–water partition coefficient (Wildman–Crippen LogP) is 4.68. The Balaban J connectivity index is 1.73. The number of carbonyl (C=O) groups is 1. The van der Waals surface area contributed by atoms with E-state index < -0.39 is 52.9 Å². The summed E-state index contributed by atoms with van der Waals surface area (Å²) in [5, 5.41) is 4.90. The van der Waals surface area contributed by atoms with E-state index in [4.69, 9.17) is 9.88 Å². The summed E-state index contributed by atoms with van der Waals surface area (Å²) in [7, 11) is -3.00. The van der Waals surface area contributed by atoms with Crippen LogP contribution in [0.2, 0.25) is 0 Å². The molecule has 0 saturated carbocycles. The summed E-state index contributed by atoms with van der Waals surface area (Å²) in [6.07, 6.45) is -4.68. The smallest absolute Gasteiger partial charge is 0.395 e. The fraction of sp³-hybridized carbons (Fsp3) is 0.273. The second-order valence-electron chi connectivity index (χ2n) is 8.17. The van der Waals surface area contributed by atoms with Gasteiger partial charge in [0.25, 0.3) is 0 Å². The topological polar surface area (TPSA) is 106 Å². The molecule has 1 aromatic heterocycles. The van der Waals surface area contributed by atoms with Gasteiger partial charge in [-0.1, -0.05) is 23.5 Å². The molecule has 2 aromatic carbocycles. The molecule has 2 heterocycles. The summed E-state index contributed by atoms with van der Waals surface area (Å²) in [6, 6.07) is 6.25. The van der Waals surface area contributed by atoms with E-state index in [1.54, 1.807) is 0 Å². The number of thiazole rings is 1. The van der Waals surface area contributed by atoms with Crippen LogP contribution in [0.25, 0.3) is 11.1 Å². The van der Waals surface area contributed by atoms with Gasteiger partial charge in [-0.05, 0) is 30.7 Å². The van der Waals surface area contributed by atoms with Crippen molar-refractivity contribution in [1.82, 2.24) is 4.98 Å². The van der Waals surface area contributed by atoms with Gasteiger partial charge in [0.1, 0.15) is 5.82 Å². The summed E-state index contributed by atoms with van der Waals surface area (Å²) in [5.74, 6) is -4.00. The number of sulfonamides is 1. The third-order valence-corrected chi connectivity index (χ3v) is 8.40. The Morgan fingerprint density at radius 3 is 2.27 bits per heavy atom. The molecular formula is C22H19F5N4O4S2. The van der Waals surface area contributed by atoms with Crippen molar-refractivity contribution < 1.29 is 39.9 Å². The van der Waals surface area contributed by atoms with Crippen LogP contribution in [-0.4, -0.2) is 45.8 Å². The van der Waals surface area contributed by atoms with E-state index in [2.05, 4.69) is 4.98 Å². The summed E-state index contributed by atoms with van der Waals surface area (Å²) < 4.78 is 97.4. The van der Waals surface area contributed by atoms with E-state index in [-0.39, 0.29) is 32.0 Å². The van der Waals surface area contributed by atoms with Gasteiger partial charge in [0, 0.05) is 30.4 Å². The van der Waals surface area contributed by atoms with Crippen molar-refractivity contribution in [2.24, 2.45) is 11.1 Å². The molecule has 0 aliphatic carbocycles. The number of aryl methyl sites for hydroxylation is 1. The quantitative estimate of drug-likeness (QED) is 0.455. The molecule has 1 atom stereocenters. The highest BCUT2D eigenvalue weighted by Gasteiger charge is 2.48. The number of rotatable bonds is 5. The van der Waals surface area contributed by atoms with Crippen molar-refractivity contribution in [2.75, 3.05) is 30.0 Å². The van der Waals surface area contributed by atoms with Gasteiger partial charge in [-0.15, -0.1) is 0 Å². The fourth-order valence-electron chi connectivity index (χ4n) is 3.93. The number of benzene rings is 2. The van der Waals surface area contributed by atoms with Gasteiger partial charge in [0.05, 0.1) is 18.7 Å². The highest BCUT2D eigenvalue weighted by Crippen LogP contribution is 2.39. The Morgan fingerprint density at radius 2 is 1.73 bits per heavy atom. The zero-order chi connectivity index (χ0) is 27.3. The van der Waals surface area contributed by atoms with Gasteiger partial charge in [-0.25, -0.2) is 32.1 Å². The normalized spacial score (nSPS) is 16.9. The second kappa shape index (κ2) is 9.54. The van der Waals surface area contributed by atoms with Crippen LogP contribution in [0.3, 0.4) is 0 Å². The molecule has 2 N–H and O–H groups in total. The Bertz CT molecular complexity index is 1460. The SMILES string of the molecule is COc1c(F)cc(F)cc1-c1ccc(N2C[C@H](C(F)(F)F)CN(c3nc(C)c(S(N)(=O)=O)s3)C2=O)cc1. The number of nitrogens with two attached hydrogens (primary N) is 1. The van der Waals surface area contributed by atoms with Gasteiger partial charge in [-0.2, -0.15) is 13.2 Å². The molecule has 198 valence electrons. The molecule has 8 nitrogen and oxygen atoms in total. The molecule has 3 aromatic rings. The third kappa shape index (κ3) is 5.24. The molecule has 0 bridgehead atoms. The monoisotopic (exact) mass is 562 g/mol. The highest BCUT2D eigenvalue weighted by atomic mass is 32.2. The molecule has 0 unspecified atom stereocenters. The van der Waals surface area contributed by atoms with Crippen LogP contribution in [-0.2, 0) is 10.0 Å². The van der Waals surface area contributed by atoms with Crippen LogP contribution in [0, 0.1) is 24.5 Å². The van der Waals surface area contributed by atoms with Crippen LogP contribution < -0.4 is 19.7 Å². The van der Waals surface area contributed by atoms with Crippen LogP contribution >= 0.6 is 11.3 Å². The maximum absolute atomic E-state index is 14.1. The zero-order valence-electron chi connectivity index (χ0n) is 19.2. The molecular weight excluding hydrogens is 543 g/mol. The molecule has 2 amide bonds. The molecule has 4 rings (SSSR count). The number of halogens is 5. The first-order chi connectivity index (χ1) is 17.2. The van der Waals surface area contributed by atoms with Crippen LogP contribution in [0.1, 0.15) is 5.69 Å². The fourth-order valence-corrected chi connectivity index (χ4v) is 5.88. The Kier molecular flexibility index (Phi) is 6.90. The van der Waals surface area contributed by atoms with Gasteiger partial charge in [0.2, 0.25) is 10.0 Å². The molecule has 15 heteroatoms. The van der Waals surface area contributed by atoms with Crippen molar-refractivity contribution in [2.45, 2.75) is 17.3 Å². The number of hydrogen-bond acceptors (Lipinski definition) is 6. The largest absolute Gasteiger partial charge is 0.493 e. The number of carbonyl (C=O) groups excluding carboxylic acids is 1. The number of urea groups is 1. The third-order valence-electron chi connectivity index (χ3n) is 5.67. The predicted molar refractivity (Wildman–Crippen MR) is 126 cm³/mol. The summed E-state index contributed by atoms with van der Waals surface area (Å²) in [4.78, 5) is 18.9. The minimum Gasteiger partial charge on any atom is -0.493 e. The van der Waals surface area contributed by atoms with E-state index >= 15 is 0 Å². The lowest BCUT2D eigenvalue weighted by Gasteiger charge is -2.39. The summed E-state index contributed by atoms with van der Waals surface area (Å²) >= 11 is 0.495. The van der Waals surface area contributed by atoms with E-state index in [0.29, 0.717) is 23.0 Å². The van der Waals surface area contributed by atoms with E-state index in [9.17, 15) is 35.2 Å². The lowest BCUT2D eigenvalue weighted by molar-refractivity contribution is -0.169. The van der Waals surface area contributed by atoms with Crippen molar-refractivity contribution in [3.63, 3.8) is 0 Å². The van der Waals surface area contributed by atoms with Crippen molar-refractivity contribution in [1.29, 1.82) is 0 Å². The van der Waals surface area contributed by atoms with Crippen molar-refractivity contribution in [3.8, 4) is 16.9 Å². The minimum atomic E-state index is -4.68.